The van der Waals surface area contributed by atoms with E-state index in [1.54, 1.807) is 4.68 Å². The quantitative estimate of drug-likeness (QED) is 0.741. The van der Waals surface area contributed by atoms with Gasteiger partial charge in [0, 0.05) is 15.1 Å². The van der Waals surface area contributed by atoms with E-state index in [-0.39, 0.29) is 0 Å². The molecular weight excluding hydrogens is 345 g/mol. The summed E-state index contributed by atoms with van der Waals surface area (Å²) < 4.78 is 3.94. The lowest BCUT2D eigenvalue weighted by molar-refractivity contribution is 0.800. The molecule has 1 aromatic heterocycles. The summed E-state index contributed by atoms with van der Waals surface area (Å²) >= 11 is 5.74. The molecule has 1 heterocycles. The molecule has 3 nitrogen and oxygen atoms in total. The normalized spacial score (nSPS) is 11.0. The van der Waals surface area contributed by atoms with Crippen LogP contribution < -0.4 is 5.73 Å². The second-order valence-corrected chi connectivity index (χ2v) is 4.78. The third-order valence-electron chi connectivity index (χ3n) is 1.92. The fourth-order valence-corrected chi connectivity index (χ4v) is 2.66. The van der Waals surface area contributed by atoms with E-state index < -0.39 is 0 Å². The lowest BCUT2D eigenvalue weighted by Crippen LogP contribution is -1.91. The van der Waals surface area contributed by atoms with Gasteiger partial charge < -0.3 is 5.73 Å². The summed E-state index contributed by atoms with van der Waals surface area (Å²) in [6, 6.07) is 4.02. The lowest BCUT2D eigenvalue weighted by Gasteiger charge is -1.98. The van der Waals surface area contributed by atoms with Crippen molar-refractivity contribution in [2.75, 3.05) is 5.73 Å². The minimum atomic E-state index is 0.586. The number of nitrogens with two attached hydrogens (primary N) is 1. The third-order valence-corrected chi connectivity index (χ3v) is 3.45. The Morgan fingerprint density at radius 3 is 2.85 bits per heavy atom. The zero-order valence-corrected chi connectivity index (χ0v) is 10.6. The molecule has 0 aliphatic rings. The van der Waals surface area contributed by atoms with Crippen LogP contribution in [-0.2, 0) is 7.05 Å². The number of hydrogen-bond donors (Lipinski definition) is 1. The molecule has 0 aliphatic carbocycles. The molecule has 0 atom stereocenters. The number of fused-ring (bicyclic) bond motifs is 1. The molecule has 1 aromatic carbocycles. The summed E-state index contributed by atoms with van der Waals surface area (Å²) in [6.45, 7) is 0. The maximum Gasteiger partial charge on any atom is 0.154 e. The van der Waals surface area contributed by atoms with Crippen molar-refractivity contribution in [2.24, 2.45) is 7.05 Å². The van der Waals surface area contributed by atoms with Gasteiger partial charge in [-0.05, 0) is 50.7 Å². The molecule has 0 spiro atoms. The maximum atomic E-state index is 5.79. The number of aromatic nitrogens is 2. The highest BCUT2D eigenvalue weighted by atomic mass is 127. The van der Waals surface area contributed by atoms with Crippen LogP contribution in [0.5, 0.6) is 0 Å². The Labute approximate surface area is 97.6 Å². The highest BCUT2D eigenvalue weighted by molar-refractivity contribution is 14.1. The smallest absolute Gasteiger partial charge is 0.154 e. The van der Waals surface area contributed by atoms with E-state index in [0.29, 0.717) is 5.82 Å². The third kappa shape index (κ3) is 1.34. The minimum absolute atomic E-state index is 0.586. The fourth-order valence-electron chi connectivity index (χ4n) is 1.36. The van der Waals surface area contributed by atoms with Gasteiger partial charge in [0.05, 0.1) is 10.9 Å². The Kier molecular flexibility index (Phi) is 2.23. The number of benzene rings is 1. The molecule has 0 amide bonds. The fraction of sp³-hybridized carbons (Fsp3) is 0.125. The summed E-state index contributed by atoms with van der Waals surface area (Å²) in [5.41, 5.74) is 6.83. The van der Waals surface area contributed by atoms with Crippen molar-refractivity contribution in [2.45, 2.75) is 0 Å². The number of rotatable bonds is 0. The van der Waals surface area contributed by atoms with Crippen molar-refractivity contribution >= 4 is 55.2 Å². The van der Waals surface area contributed by atoms with E-state index in [0.717, 1.165) is 18.9 Å². The number of aryl methyl sites for hydroxylation is 1. The molecule has 0 fully saturated rings. The number of hydrogen-bond acceptors (Lipinski definition) is 2. The van der Waals surface area contributed by atoms with Gasteiger partial charge in [0.15, 0.2) is 5.82 Å². The first-order valence-electron chi connectivity index (χ1n) is 3.67. The topological polar surface area (TPSA) is 43.8 Å². The number of anilines is 1. The standard InChI is InChI=1S/C8H7BrIN3/c1-13-7-4(9)2-3-5(10)6(7)8(11)12-13/h2-3H,1H3,(H2,11,12). The van der Waals surface area contributed by atoms with Crippen molar-refractivity contribution < 1.29 is 0 Å². The van der Waals surface area contributed by atoms with Crippen LogP contribution in [0.3, 0.4) is 0 Å². The zero-order chi connectivity index (χ0) is 9.59. The average molecular weight is 352 g/mol. The van der Waals surface area contributed by atoms with E-state index >= 15 is 0 Å². The SMILES string of the molecule is Cn1nc(N)c2c(I)ccc(Br)c21. The van der Waals surface area contributed by atoms with Crippen LogP contribution in [0.25, 0.3) is 10.9 Å². The molecule has 5 heteroatoms. The van der Waals surface area contributed by atoms with E-state index in [9.17, 15) is 0 Å². The number of halogens is 2. The monoisotopic (exact) mass is 351 g/mol. The summed E-state index contributed by atoms with van der Waals surface area (Å²) in [7, 11) is 1.89. The lowest BCUT2D eigenvalue weighted by atomic mass is 10.2. The molecule has 0 aliphatic heterocycles. The second-order valence-electron chi connectivity index (χ2n) is 2.76. The largest absolute Gasteiger partial charge is 0.382 e. The Bertz CT molecular complexity index is 436. The Morgan fingerprint density at radius 1 is 1.54 bits per heavy atom. The van der Waals surface area contributed by atoms with E-state index in [1.807, 2.05) is 19.2 Å². The van der Waals surface area contributed by atoms with Gasteiger partial charge in [-0.2, -0.15) is 5.10 Å². The Balaban J connectivity index is 3.03. The van der Waals surface area contributed by atoms with Crippen LogP contribution in [0.1, 0.15) is 0 Å². The molecular formula is C8H7BrIN3. The van der Waals surface area contributed by atoms with E-state index in [1.165, 1.54) is 0 Å². The van der Waals surface area contributed by atoms with Gasteiger partial charge in [-0.3, -0.25) is 4.68 Å². The summed E-state index contributed by atoms with van der Waals surface area (Å²) in [5, 5.41) is 5.20. The number of nitrogens with zero attached hydrogens (tertiary/aromatic N) is 2. The first-order chi connectivity index (χ1) is 6.11. The Hall–Kier alpha value is -0.300. The molecule has 68 valence electrons. The predicted molar refractivity (Wildman–Crippen MR) is 65.5 cm³/mol. The van der Waals surface area contributed by atoms with Gasteiger partial charge in [-0.1, -0.05) is 0 Å². The van der Waals surface area contributed by atoms with Gasteiger partial charge >= 0.3 is 0 Å². The van der Waals surface area contributed by atoms with Crippen LogP contribution >= 0.6 is 38.5 Å². The van der Waals surface area contributed by atoms with Gasteiger partial charge in [0.2, 0.25) is 0 Å². The van der Waals surface area contributed by atoms with E-state index in [2.05, 4.69) is 43.6 Å². The van der Waals surface area contributed by atoms with Crippen LogP contribution in [0.4, 0.5) is 5.82 Å². The summed E-state index contributed by atoms with van der Waals surface area (Å²) in [6.07, 6.45) is 0. The van der Waals surface area contributed by atoms with Crippen molar-refractivity contribution in [3.8, 4) is 0 Å². The van der Waals surface area contributed by atoms with Crippen LogP contribution in [0, 0.1) is 3.57 Å². The first kappa shape index (κ1) is 9.26. The van der Waals surface area contributed by atoms with Crippen LogP contribution in [0.2, 0.25) is 0 Å². The maximum absolute atomic E-state index is 5.79. The van der Waals surface area contributed by atoms with Gasteiger partial charge in [-0.15, -0.1) is 0 Å². The van der Waals surface area contributed by atoms with Crippen molar-refractivity contribution in [3.05, 3.63) is 20.2 Å². The molecule has 13 heavy (non-hydrogen) atoms. The van der Waals surface area contributed by atoms with Gasteiger partial charge in [0.1, 0.15) is 0 Å². The highest BCUT2D eigenvalue weighted by Gasteiger charge is 2.11. The summed E-state index contributed by atoms with van der Waals surface area (Å²) in [4.78, 5) is 0. The zero-order valence-electron chi connectivity index (χ0n) is 6.88. The molecule has 0 saturated carbocycles. The van der Waals surface area contributed by atoms with Gasteiger partial charge in [0.25, 0.3) is 0 Å². The second kappa shape index (κ2) is 3.13. The molecule has 0 radical (unpaired) electrons. The molecule has 0 unspecified atom stereocenters. The van der Waals surface area contributed by atoms with Crippen molar-refractivity contribution in [3.63, 3.8) is 0 Å². The van der Waals surface area contributed by atoms with Crippen LogP contribution in [0.15, 0.2) is 16.6 Å². The predicted octanol–water partition coefficient (Wildman–Crippen LogP) is 2.52. The van der Waals surface area contributed by atoms with Gasteiger partial charge in [-0.25, -0.2) is 0 Å². The number of nitrogen functional groups attached to an aromatic ring is 1. The molecule has 0 saturated heterocycles. The van der Waals surface area contributed by atoms with E-state index in [4.69, 9.17) is 5.73 Å². The minimum Gasteiger partial charge on any atom is -0.382 e. The molecule has 2 N–H and O–H groups in total. The Morgan fingerprint density at radius 2 is 2.23 bits per heavy atom. The average Bonchev–Trinajstić information content (AvgIpc) is 2.36. The first-order valence-corrected chi connectivity index (χ1v) is 5.54. The molecule has 0 bridgehead atoms. The molecule has 2 aromatic rings. The highest BCUT2D eigenvalue weighted by Crippen LogP contribution is 2.31. The summed E-state index contributed by atoms with van der Waals surface area (Å²) in [5.74, 6) is 0.586. The van der Waals surface area contributed by atoms with Crippen molar-refractivity contribution in [1.29, 1.82) is 0 Å². The van der Waals surface area contributed by atoms with Crippen LogP contribution in [-0.4, -0.2) is 9.78 Å². The van der Waals surface area contributed by atoms with Crippen molar-refractivity contribution in [1.82, 2.24) is 9.78 Å². The molecule has 2 rings (SSSR count).